The fourth-order valence-electron chi connectivity index (χ4n) is 1.17. The molecule has 96 valence electrons. The molecule has 0 bridgehead atoms. The molecule has 0 aliphatic carbocycles. The predicted octanol–water partition coefficient (Wildman–Crippen LogP) is 1.91. The minimum Gasteiger partial charge on any atom is -0.463 e. The highest BCUT2D eigenvalue weighted by atomic mass is 35.5. The maximum Gasteiger partial charge on any atom is 0.322 e. The molecule has 2 heterocycles. The highest BCUT2D eigenvalue weighted by Gasteiger charge is 2.06. The molecular weight excluding hydrogens is 258 g/mol. The molecule has 0 aliphatic heterocycles. The summed E-state index contributed by atoms with van der Waals surface area (Å²) in [5.41, 5.74) is 0.738. The fourth-order valence-corrected chi connectivity index (χ4v) is 1.32. The molecule has 0 saturated carbocycles. The van der Waals surface area contributed by atoms with Gasteiger partial charge in [0.15, 0.2) is 0 Å². The molecule has 2 aromatic rings. The van der Waals surface area contributed by atoms with Crippen molar-refractivity contribution in [1.82, 2.24) is 20.1 Å². The predicted molar refractivity (Wildman–Crippen MR) is 64.5 cm³/mol. The van der Waals surface area contributed by atoms with E-state index in [1.807, 2.05) is 6.92 Å². The Kier molecular flexibility index (Phi) is 4.30. The molecule has 0 amide bonds. The van der Waals surface area contributed by atoms with Gasteiger partial charge in [-0.05, 0) is 18.0 Å². The summed E-state index contributed by atoms with van der Waals surface area (Å²) in [6, 6.07) is 1.95. The summed E-state index contributed by atoms with van der Waals surface area (Å²) in [7, 11) is 0. The third-order valence-electron chi connectivity index (χ3n) is 1.94. The summed E-state index contributed by atoms with van der Waals surface area (Å²) in [6.45, 7) is 2.96. The van der Waals surface area contributed by atoms with E-state index in [1.165, 1.54) is 6.26 Å². The number of nitrogens with zero attached hydrogens (tertiary/aromatic N) is 4. The molecule has 0 saturated heterocycles. The number of anilines is 1. The van der Waals surface area contributed by atoms with Crippen LogP contribution < -0.4 is 10.1 Å². The zero-order valence-electron chi connectivity index (χ0n) is 9.76. The number of aromatic nitrogens is 4. The van der Waals surface area contributed by atoms with E-state index in [9.17, 15) is 0 Å². The zero-order valence-corrected chi connectivity index (χ0v) is 10.5. The third kappa shape index (κ3) is 3.56. The Morgan fingerprint density at radius 2 is 2.28 bits per heavy atom. The first kappa shape index (κ1) is 12.6. The molecule has 18 heavy (non-hydrogen) atoms. The summed E-state index contributed by atoms with van der Waals surface area (Å²) < 4.78 is 10.0. The largest absolute Gasteiger partial charge is 0.463 e. The second-order valence-corrected chi connectivity index (χ2v) is 3.74. The summed E-state index contributed by atoms with van der Waals surface area (Å²) in [6.07, 6.45) is 2.36. The fraction of sp³-hybridized carbons (Fsp3) is 0.400. The van der Waals surface area contributed by atoms with Crippen molar-refractivity contribution < 1.29 is 9.26 Å². The SMILES string of the molecule is CCCOc1nc(Cl)nc(NCc2ccon2)n1. The first-order valence-electron chi connectivity index (χ1n) is 5.45. The quantitative estimate of drug-likeness (QED) is 0.857. The number of hydrogen-bond donors (Lipinski definition) is 1. The molecule has 0 aliphatic rings. The van der Waals surface area contributed by atoms with Gasteiger partial charge in [-0.15, -0.1) is 0 Å². The molecule has 2 rings (SSSR count). The van der Waals surface area contributed by atoms with Gasteiger partial charge in [0.25, 0.3) is 0 Å². The van der Waals surface area contributed by atoms with Crippen LogP contribution in [0.25, 0.3) is 0 Å². The van der Waals surface area contributed by atoms with E-state index in [4.69, 9.17) is 20.9 Å². The number of hydrogen-bond acceptors (Lipinski definition) is 7. The van der Waals surface area contributed by atoms with Gasteiger partial charge in [0.1, 0.15) is 12.0 Å². The number of halogens is 1. The van der Waals surface area contributed by atoms with Gasteiger partial charge in [-0.25, -0.2) is 0 Å². The van der Waals surface area contributed by atoms with Crippen molar-refractivity contribution >= 4 is 17.5 Å². The Balaban J connectivity index is 2.00. The van der Waals surface area contributed by atoms with Crippen LogP contribution in [0.2, 0.25) is 5.28 Å². The van der Waals surface area contributed by atoms with Crippen LogP contribution in [-0.2, 0) is 6.54 Å². The Bertz CT molecular complexity index is 491. The van der Waals surface area contributed by atoms with E-state index in [0.717, 1.165) is 12.1 Å². The molecule has 0 atom stereocenters. The molecule has 7 nitrogen and oxygen atoms in total. The molecule has 0 radical (unpaired) electrons. The Morgan fingerprint density at radius 1 is 1.39 bits per heavy atom. The summed E-state index contributed by atoms with van der Waals surface area (Å²) in [4.78, 5) is 11.9. The summed E-state index contributed by atoms with van der Waals surface area (Å²) >= 11 is 5.77. The van der Waals surface area contributed by atoms with Gasteiger partial charge >= 0.3 is 6.01 Å². The van der Waals surface area contributed by atoms with Crippen molar-refractivity contribution in [2.75, 3.05) is 11.9 Å². The minimum atomic E-state index is 0.0822. The lowest BCUT2D eigenvalue weighted by Gasteiger charge is -2.05. The molecule has 8 heteroatoms. The lowest BCUT2D eigenvalue weighted by molar-refractivity contribution is 0.291. The van der Waals surface area contributed by atoms with E-state index < -0.39 is 0 Å². The second kappa shape index (κ2) is 6.15. The standard InChI is InChI=1S/C10H12ClN5O2/c1-2-4-17-10-14-8(11)13-9(15-10)12-6-7-3-5-18-16-7/h3,5H,2,4,6H2,1H3,(H,12,13,14,15). The summed E-state index contributed by atoms with van der Waals surface area (Å²) in [5.74, 6) is 0.337. The van der Waals surface area contributed by atoms with Crippen LogP contribution in [-0.4, -0.2) is 26.7 Å². The smallest absolute Gasteiger partial charge is 0.322 e. The van der Waals surface area contributed by atoms with Gasteiger partial charge in [-0.3, -0.25) is 0 Å². The van der Waals surface area contributed by atoms with Crippen molar-refractivity contribution in [3.8, 4) is 6.01 Å². The normalized spacial score (nSPS) is 10.3. The van der Waals surface area contributed by atoms with Gasteiger partial charge in [-0.1, -0.05) is 12.1 Å². The number of ether oxygens (including phenoxy) is 1. The number of rotatable bonds is 6. The lowest BCUT2D eigenvalue weighted by Crippen LogP contribution is -2.07. The molecule has 0 fully saturated rings. The maximum atomic E-state index is 5.77. The van der Waals surface area contributed by atoms with Gasteiger partial charge in [0.05, 0.1) is 13.2 Å². The van der Waals surface area contributed by atoms with Crippen LogP contribution in [0.4, 0.5) is 5.95 Å². The average Bonchev–Trinajstić information content (AvgIpc) is 2.86. The van der Waals surface area contributed by atoms with Crippen LogP contribution in [0.15, 0.2) is 16.9 Å². The van der Waals surface area contributed by atoms with Crippen molar-refractivity contribution in [3.05, 3.63) is 23.3 Å². The van der Waals surface area contributed by atoms with Crippen molar-refractivity contribution in [1.29, 1.82) is 0 Å². The lowest BCUT2D eigenvalue weighted by atomic mass is 10.4. The Morgan fingerprint density at radius 3 is 3.00 bits per heavy atom. The molecule has 1 N–H and O–H groups in total. The maximum absolute atomic E-state index is 5.77. The van der Waals surface area contributed by atoms with Crippen molar-refractivity contribution in [3.63, 3.8) is 0 Å². The molecular formula is C10H12ClN5O2. The Labute approximate surface area is 109 Å². The highest BCUT2D eigenvalue weighted by molar-refractivity contribution is 6.28. The molecule has 0 unspecified atom stereocenters. The first-order chi connectivity index (χ1) is 8.78. The Hall–Kier alpha value is -1.89. The van der Waals surface area contributed by atoms with Crippen molar-refractivity contribution in [2.24, 2.45) is 0 Å². The van der Waals surface area contributed by atoms with Gasteiger partial charge in [0.2, 0.25) is 11.2 Å². The van der Waals surface area contributed by atoms with Gasteiger partial charge in [0, 0.05) is 6.07 Å². The van der Waals surface area contributed by atoms with Crippen LogP contribution in [0, 0.1) is 0 Å². The first-order valence-corrected chi connectivity index (χ1v) is 5.83. The van der Waals surface area contributed by atoms with Crippen LogP contribution >= 0.6 is 11.6 Å². The van der Waals surface area contributed by atoms with Gasteiger partial charge < -0.3 is 14.6 Å². The molecule has 0 spiro atoms. The van der Waals surface area contributed by atoms with Crippen LogP contribution in [0.1, 0.15) is 19.0 Å². The van der Waals surface area contributed by atoms with E-state index >= 15 is 0 Å². The van der Waals surface area contributed by atoms with Gasteiger partial charge in [-0.2, -0.15) is 15.0 Å². The molecule has 0 aromatic carbocycles. The zero-order chi connectivity index (χ0) is 12.8. The minimum absolute atomic E-state index is 0.0822. The van der Waals surface area contributed by atoms with Crippen molar-refractivity contribution in [2.45, 2.75) is 19.9 Å². The molecule has 2 aromatic heterocycles. The van der Waals surface area contributed by atoms with Crippen LogP contribution in [0.3, 0.4) is 0 Å². The number of nitrogens with one attached hydrogen (secondary N) is 1. The van der Waals surface area contributed by atoms with Crippen LogP contribution in [0.5, 0.6) is 6.01 Å². The highest BCUT2D eigenvalue weighted by Crippen LogP contribution is 2.12. The van der Waals surface area contributed by atoms with E-state index in [2.05, 4.69) is 25.4 Å². The van der Waals surface area contributed by atoms with E-state index in [-0.39, 0.29) is 11.3 Å². The average molecular weight is 270 g/mol. The van der Waals surface area contributed by atoms with E-state index in [0.29, 0.717) is 19.1 Å². The monoisotopic (exact) mass is 269 g/mol. The van der Waals surface area contributed by atoms with E-state index in [1.54, 1.807) is 6.07 Å². The second-order valence-electron chi connectivity index (χ2n) is 3.40. The third-order valence-corrected chi connectivity index (χ3v) is 2.11. The summed E-state index contributed by atoms with van der Waals surface area (Å²) in [5, 5.41) is 6.79. The topological polar surface area (TPSA) is 86.0 Å².